The topological polar surface area (TPSA) is 53.9 Å². The van der Waals surface area contributed by atoms with Gasteiger partial charge in [-0.05, 0) is 42.0 Å². The van der Waals surface area contributed by atoms with Crippen LogP contribution in [0, 0.1) is 17.2 Å². The predicted octanol–water partition coefficient (Wildman–Crippen LogP) is 4.08. The molecule has 2 aromatic carbocycles. The van der Waals surface area contributed by atoms with E-state index in [4.69, 9.17) is 0 Å². The molecule has 3 N–H and O–H groups in total. The van der Waals surface area contributed by atoms with Gasteiger partial charge in [0.25, 0.3) is 0 Å². The third-order valence-electron chi connectivity index (χ3n) is 6.61. The quantitative estimate of drug-likeness (QED) is 0.583. The SMILES string of the molecule is CC1(C)Cc2c(cnn2-c2cccc(F)c2)C(NCC2CNNC2c2ccccc2)C1. The van der Waals surface area contributed by atoms with Crippen molar-refractivity contribution in [1.82, 2.24) is 25.9 Å². The zero-order valence-corrected chi connectivity index (χ0v) is 18.1. The smallest absolute Gasteiger partial charge is 0.125 e. The Bertz CT molecular complexity index is 1050. The van der Waals surface area contributed by atoms with Gasteiger partial charge >= 0.3 is 0 Å². The average Bonchev–Trinajstić information content (AvgIpc) is 3.39. The Kier molecular flexibility index (Phi) is 5.38. The number of hydrazine groups is 1. The van der Waals surface area contributed by atoms with E-state index < -0.39 is 0 Å². The summed E-state index contributed by atoms with van der Waals surface area (Å²) in [5.41, 5.74) is 11.4. The summed E-state index contributed by atoms with van der Waals surface area (Å²) in [5.74, 6) is 0.217. The molecule has 3 unspecified atom stereocenters. The number of hydrogen-bond donors (Lipinski definition) is 3. The molecule has 1 aliphatic carbocycles. The second-order valence-electron chi connectivity index (χ2n) is 9.62. The van der Waals surface area contributed by atoms with Gasteiger partial charge in [-0.2, -0.15) is 5.10 Å². The van der Waals surface area contributed by atoms with Crippen LogP contribution in [0.25, 0.3) is 5.69 Å². The van der Waals surface area contributed by atoms with Crippen molar-refractivity contribution in [3.8, 4) is 5.69 Å². The van der Waals surface area contributed by atoms with E-state index in [2.05, 4.69) is 65.4 Å². The molecular formula is C25H30FN5. The van der Waals surface area contributed by atoms with Crippen LogP contribution < -0.4 is 16.2 Å². The molecule has 2 aliphatic rings. The van der Waals surface area contributed by atoms with E-state index >= 15 is 0 Å². The van der Waals surface area contributed by atoms with Crippen molar-refractivity contribution < 1.29 is 4.39 Å². The number of benzene rings is 2. The number of fused-ring (bicyclic) bond motifs is 1. The third-order valence-corrected chi connectivity index (χ3v) is 6.61. The molecule has 0 amide bonds. The standard InChI is InChI=1S/C25H30FN5/c1-25(2)12-22(27-14-18-15-28-30-24(18)17-7-4-3-5-8-17)21-16-29-31(23(21)13-25)20-10-6-9-19(26)11-20/h3-11,16,18,22,24,27-28,30H,12-15H2,1-2H3. The molecule has 1 aromatic heterocycles. The predicted molar refractivity (Wildman–Crippen MR) is 120 cm³/mol. The van der Waals surface area contributed by atoms with Gasteiger partial charge in [-0.1, -0.05) is 50.2 Å². The van der Waals surface area contributed by atoms with Crippen LogP contribution in [0.2, 0.25) is 0 Å². The van der Waals surface area contributed by atoms with Crippen molar-refractivity contribution in [2.24, 2.45) is 11.3 Å². The molecule has 3 aromatic rings. The molecule has 0 saturated carbocycles. The molecule has 1 aliphatic heterocycles. The summed E-state index contributed by atoms with van der Waals surface area (Å²) in [7, 11) is 0. The molecule has 5 nitrogen and oxygen atoms in total. The number of hydrogen-bond acceptors (Lipinski definition) is 4. The summed E-state index contributed by atoms with van der Waals surface area (Å²) >= 11 is 0. The normalized spacial score (nSPS) is 24.8. The molecule has 1 fully saturated rings. The van der Waals surface area contributed by atoms with Crippen molar-refractivity contribution in [3.05, 3.63) is 83.4 Å². The summed E-state index contributed by atoms with van der Waals surface area (Å²) in [6, 6.07) is 17.8. The lowest BCUT2D eigenvalue weighted by atomic mass is 9.74. The van der Waals surface area contributed by atoms with Gasteiger partial charge in [0.2, 0.25) is 0 Å². The summed E-state index contributed by atoms with van der Waals surface area (Å²) in [6.45, 7) is 6.45. The van der Waals surface area contributed by atoms with Gasteiger partial charge in [-0.3, -0.25) is 5.43 Å². The van der Waals surface area contributed by atoms with Crippen LogP contribution in [0.15, 0.2) is 60.8 Å². The fraction of sp³-hybridized carbons (Fsp3) is 0.400. The van der Waals surface area contributed by atoms with Gasteiger partial charge in [0.05, 0.1) is 17.9 Å². The number of rotatable bonds is 5. The lowest BCUT2D eigenvalue weighted by Crippen LogP contribution is -2.37. The molecule has 2 heterocycles. The first kappa shape index (κ1) is 20.4. The Labute approximate surface area is 183 Å². The largest absolute Gasteiger partial charge is 0.309 e. The zero-order valence-electron chi connectivity index (χ0n) is 18.1. The zero-order chi connectivity index (χ0) is 21.4. The van der Waals surface area contributed by atoms with Crippen molar-refractivity contribution >= 4 is 0 Å². The molecule has 3 atom stereocenters. The number of nitrogens with one attached hydrogen (secondary N) is 3. The van der Waals surface area contributed by atoms with Crippen LogP contribution in [-0.4, -0.2) is 22.9 Å². The van der Waals surface area contributed by atoms with E-state index in [1.54, 1.807) is 12.1 Å². The third kappa shape index (κ3) is 4.15. The van der Waals surface area contributed by atoms with E-state index in [1.807, 2.05) is 16.9 Å². The first-order valence-electron chi connectivity index (χ1n) is 11.1. The molecule has 0 bridgehead atoms. The Balaban J connectivity index is 1.37. The lowest BCUT2D eigenvalue weighted by molar-refractivity contribution is 0.246. The minimum Gasteiger partial charge on any atom is -0.309 e. The Morgan fingerprint density at radius 3 is 2.81 bits per heavy atom. The Morgan fingerprint density at radius 1 is 1.16 bits per heavy atom. The second kappa shape index (κ2) is 8.19. The Morgan fingerprint density at radius 2 is 2.00 bits per heavy atom. The van der Waals surface area contributed by atoms with E-state index in [0.717, 1.165) is 31.6 Å². The molecule has 6 heteroatoms. The van der Waals surface area contributed by atoms with E-state index in [0.29, 0.717) is 12.0 Å². The highest BCUT2D eigenvalue weighted by atomic mass is 19.1. The molecule has 31 heavy (non-hydrogen) atoms. The van der Waals surface area contributed by atoms with E-state index in [-0.39, 0.29) is 17.3 Å². The van der Waals surface area contributed by atoms with Crippen molar-refractivity contribution in [2.45, 2.75) is 38.8 Å². The van der Waals surface area contributed by atoms with Crippen LogP contribution in [0.1, 0.15) is 49.2 Å². The second-order valence-corrected chi connectivity index (χ2v) is 9.62. The fourth-order valence-electron chi connectivity index (χ4n) is 5.09. The fourth-order valence-corrected chi connectivity index (χ4v) is 5.09. The highest BCUT2D eigenvalue weighted by molar-refractivity contribution is 5.38. The van der Waals surface area contributed by atoms with Gasteiger partial charge in [-0.25, -0.2) is 14.5 Å². The molecule has 1 saturated heterocycles. The Hall–Kier alpha value is -2.54. The van der Waals surface area contributed by atoms with Crippen LogP contribution in [0.3, 0.4) is 0 Å². The maximum Gasteiger partial charge on any atom is 0.125 e. The molecule has 0 spiro atoms. The summed E-state index contributed by atoms with van der Waals surface area (Å²) in [5, 5.41) is 8.50. The molecular weight excluding hydrogens is 389 g/mol. The maximum absolute atomic E-state index is 13.8. The highest BCUT2D eigenvalue weighted by Gasteiger charge is 2.36. The molecule has 5 rings (SSSR count). The lowest BCUT2D eigenvalue weighted by Gasteiger charge is -2.36. The van der Waals surface area contributed by atoms with Gasteiger partial charge < -0.3 is 5.32 Å². The van der Waals surface area contributed by atoms with Crippen LogP contribution in [0.5, 0.6) is 0 Å². The van der Waals surface area contributed by atoms with Gasteiger partial charge in [0, 0.05) is 36.3 Å². The number of halogens is 1. The average molecular weight is 420 g/mol. The van der Waals surface area contributed by atoms with Gasteiger partial charge in [0.1, 0.15) is 5.82 Å². The highest BCUT2D eigenvalue weighted by Crippen LogP contribution is 2.41. The minimum absolute atomic E-state index is 0.140. The van der Waals surface area contributed by atoms with Crippen molar-refractivity contribution in [1.29, 1.82) is 0 Å². The maximum atomic E-state index is 13.8. The van der Waals surface area contributed by atoms with E-state index in [9.17, 15) is 4.39 Å². The summed E-state index contributed by atoms with van der Waals surface area (Å²) in [4.78, 5) is 0. The summed E-state index contributed by atoms with van der Waals surface area (Å²) in [6.07, 6.45) is 3.95. The van der Waals surface area contributed by atoms with Crippen molar-refractivity contribution in [2.75, 3.05) is 13.1 Å². The van der Waals surface area contributed by atoms with Crippen LogP contribution in [0.4, 0.5) is 4.39 Å². The monoisotopic (exact) mass is 419 g/mol. The van der Waals surface area contributed by atoms with Crippen molar-refractivity contribution in [3.63, 3.8) is 0 Å². The van der Waals surface area contributed by atoms with Gasteiger partial charge in [0.15, 0.2) is 0 Å². The van der Waals surface area contributed by atoms with Crippen LogP contribution in [-0.2, 0) is 6.42 Å². The molecule has 162 valence electrons. The number of nitrogens with zero attached hydrogens (tertiary/aromatic N) is 2. The minimum atomic E-state index is -0.236. The van der Waals surface area contributed by atoms with Gasteiger partial charge in [-0.15, -0.1) is 0 Å². The summed E-state index contributed by atoms with van der Waals surface area (Å²) < 4.78 is 15.7. The first-order valence-corrected chi connectivity index (χ1v) is 11.1. The first-order chi connectivity index (χ1) is 15.0. The number of aromatic nitrogens is 2. The van der Waals surface area contributed by atoms with E-state index in [1.165, 1.54) is 22.9 Å². The van der Waals surface area contributed by atoms with Crippen LogP contribution >= 0.6 is 0 Å². The molecule has 0 radical (unpaired) electrons.